The molecular weight excluding hydrogens is 198 g/mol. The Morgan fingerprint density at radius 1 is 0.733 bits per heavy atom. The van der Waals surface area contributed by atoms with Gasteiger partial charge in [0.1, 0.15) is 0 Å². The van der Waals surface area contributed by atoms with Crippen molar-refractivity contribution in [3.63, 3.8) is 0 Å². The fourth-order valence-electron chi connectivity index (χ4n) is 1.43. The van der Waals surface area contributed by atoms with Crippen LogP contribution in [0.3, 0.4) is 0 Å². The van der Waals surface area contributed by atoms with Gasteiger partial charge in [-0.3, -0.25) is 0 Å². The summed E-state index contributed by atoms with van der Waals surface area (Å²) in [5.74, 6) is 0. The van der Waals surface area contributed by atoms with Crippen molar-refractivity contribution < 1.29 is 15.3 Å². The monoisotopic (exact) mass is 213 g/mol. The Kier molecular flexibility index (Phi) is 5.09. The molecule has 0 radical (unpaired) electrons. The quantitative estimate of drug-likeness (QED) is 0.530. The van der Waals surface area contributed by atoms with Crippen molar-refractivity contribution in [2.24, 2.45) is 0 Å². The highest BCUT2D eigenvalue weighted by Crippen LogP contribution is 2.11. The lowest BCUT2D eigenvalue weighted by atomic mass is 10.0. The van der Waals surface area contributed by atoms with Crippen LogP contribution in [0.4, 0.5) is 0 Å². The fraction of sp³-hybridized carbons (Fsp3) is 0.667. The van der Waals surface area contributed by atoms with E-state index in [1.54, 1.807) is 0 Å². The maximum Gasteiger partial charge on any atom is 0.0723 e. The van der Waals surface area contributed by atoms with Crippen LogP contribution in [-0.4, -0.2) is 50.6 Å². The first-order valence-electron chi connectivity index (χ1n) is 4.86. The average molecular weight is 213 g/mol. The molecule has 0 saturated heterocycles. The molecule has 0 atom stereocenters. The van der Waals surface area contributed by atoms with Gasteiger partial charge in [0.15, 0.2) is 0 Å². The second-order valence-corrected chi connectivity index (χ2v) is 3.08. The maximum atomic E-state index is 8.90. The van der Waals surface area contributed by atoms with Gasteiger partial charge in [-0.25, -0.2) is 0 Å². The van der Waals surface area contributed by atoms with E-state index < -0.39 is 0 Å². The molecule has 1 aromatic rings. The van der Waals surface area contributed by atoms with Crippen LogP contribution in [0.1, 0.15) is 17.0 Å². The van der Waals surface area contributed by atoms with Crippen molar-refractivity contribution in [3.05, 3.63) is 17.0 Å². The predicted octanol–water partition coefficient (Wildman–Crippen LogP) is -1.52. The van der Waals surface area contributed by atoms with Crippen molar-refractivity contribution in [1.82, 2.24) is 15.4 Å². The molecule has 0 aliphatic carbocycles. The highest BCUT2D eigenvalue weighted by Gasteiger charge is 2.11. The first kappa shape index (κ1) is 12.0. The molecule has 3 N–H and O–H groups in total. The van der Waals surface area contributed by atoms with E-state index in [9.17, 15) is 0 Å². The molecule has 15 heavy (non-hydrogen) atoms. The van der Waals surface area contributed by atoms with Crippen LogP contribution in [0, 0.1) is 0 Å². The molecule has 0 bridgehead atoms. The standard InChI is InChI=1S/C9H15N3O3/c13-4-1-7-8(2-5-14)10-12-11-9(7)3-6-15/h13-15H,1-6H2. The van der Waals surface area contributed by atoms with Crippen LogP contribution in [0.2, 0.25) is 0 Å². The third-order valence-electron chi connectivity index (χ3n) is 2.09. The zero-order chi connectivity index (χ0) is 11.1. The van der Waals surface area contributed by atoms with E-state index in [1.165, 1.54) is 0 Å². The summed E-state index contributed by atoms with van der Waals surface area (Å²) in [6.07, 6.45) is 1.21. The van der Waals surface area contributed by atoms with E-state index in [0.717, 1.165) is 5.56 Å². The van der Waals surface area contributed by atoms with Gasteiger partial charge in [-0.2, -0.15) is 0 Å². The summed E-state index contributed by atoms with van der Waals surface area (Å²) in [6.45, 7) is -0.0460. The van der Waals surface area contributed by atoms with E-state index in [4.69, 9.17) is 15.3 Å². The molecule has 0 unspecified atom stereocenters. The van der Waals surface area contributed by atoms with Crippen molar-refractivity contribution in [2.45, 2.75) is 19.3 Å². The van der Waals surface area contributed by atoms with Gasteiger partial charge >= 0.3 is 0 Å². The normalized spacial score (nSPS) is 10.6. The lowest BCUT2D eigenvalue weighted by Gasteiger charge is -2.09. The molecular formula is C9H15N3O3. The Morgan fingerprint density at radius 2 is 1.20 bits per heavy atom. The molecule has 1 heterocycles. The van der Waals surface area contributed by atoms with Crippen LogP contribution in [0.5, 0.6) is 0 Å². The highest BCUT2D eigenvalue weighted by atomic mass is 16.3. The van der Waals surface area contributed by atoms with E-state index in [0.29, 0.717) is 30.7 Å². The number of aromatic nitrogens is 3. The minimum atomic E-state index is -0.0182. The topological polar surface area (TPSA) is 99.4 Å². The van der Waals surface area contributed by atoms with Crippen LogP contribution < -0.4 is 0 Å². The summed E-state index contributed by atoms with van der Waals surface area (Å²) < 4.78 is 0. The van der Waals surface area contributed by atoms with Gasteiger partial charge < -0.3 is 15.3 Å². The van der Waals surface area contributed by atoms with Gasteiger partial charge in [-0.1, -0.05) is 0 Å². The number of nitrogens with zero attached hydrogens (tertiary/aromatic N) is 3. The number of aliphatic hydroxyl groups is 3. The second kappa shape index (κ2) is 6.39. The van der Waals surface area contributed by atoms with Crippen LogP contribution >= 0.6 is 0 Å². The molecule has 0 aliphatic heterocycles. The van der Waals surface area contributed by atoms with Gasteiger partial charge in [0.25, 0.3) is 0 Å². The van der Waals surface area contributed by atoms with Gasteiger partial charge in [0.2, 0.25) is 0 Å². The van der Waals surface area contributed by atoms with Crippen molar-refractivity contribution in [3.8, 4) is 0 Å². The average Bonchev–Trinajstić information content (AvgIpc) is 2.23. The SMILES string of the molecule is OCCc1nnnc(CCO)c1CCO. The summed E-state index contributed by atoms with van der Waals surface area (Å²) >= 11 is 0. The fourth-order valence-corrected chi connectivity index (χ4v) is 1.43. The lowest BCUT2D eigenvalue weighted by molar-refractivity contribution is 0.285. The number of hydrogen-bond donors (Lipinski definition) is 3. The van der Waals surface area contributed by atoms with Gasteiger partial charge in [-0.05, 0) is 11.6 Å². The molecule has 0 saturated carbocycles. The van der Waals surface area contributed by atoms with Crippen LogP contribution in [0.15, 0.2) is 0 Å². The zero-order valence-corrected chi connectivity index (χ0v) is 8.43. The second-order valence-electron chi connectivity index (χ2n) is 3.08. The summed E-state index contributed by atoms with van der Waals surface area (Å²) in [5, 5.41) is 37.8. The molecule has 1 rings (SSSR count). The van der Waals surface area contributed by atoms with Gasteiger partial charge in [0.05, 0.1) is 11.4 Å². The Morgan fingerprint density at radius 3 is 1.60 bits per heavy atom. The zero-order valence-electron chi connectivity index (χ0n) is 8.43. The Labute approximate surface area is 87.6 Å². The molecule has 6 heteroatoms. The third kappa shape index (κ3) is 3.19. The number of rotatable bonds is 6. The minimum absolute atomic E-state index is 0.00969. The van der Waals surface area contributed by atoms with E-state index in [1.807, 2.05) is 0 Å². The van der Waals surface area contributed by atoms with E-state index >= 15 is 0 Å². The number of aliphatic hydroxyl groups excluding tert-OH is 3. The highest BCUT2D eigenvalue weighted by molar-refractivity contribution is 5.24. The Balaban J connectivity index is 2.97. The molecule has 0 aliphatic rings. The smallest absolute Gasteiger partial charge is 0.0723 e. The summed E-state index contributed by atoms with van der Waals surface area (Å²) in [5.41, 5.74) is 2.07. The van der Waals surface area contributed by atoms with Crippen molar-refractivity contribution in [1.29, 1.82) is 0 Å². The number of hydrogen-bond acceptors (Lipinski definition) is 6. The molecule has 0 aromatic carbocycles. The third-order valence-corrected chi connectivity index (χ3v) is 2.09. The first-order chi connectivity index (χ1) is 7.33. The molecule has 0 spiro atoms. The lowest BCUT2D eigenvalue weighted by Crippen LogP contribution is -2.12. The maximum absolute atomic E-state index is 8.90. The van der Waals surface area contributed by atoms with Crippen LogP contribution in [-0.2, 0) is 19.3 Å². The predicted molar refractivity (Wildman–Crippen MR) is 52.2 cm³/mol. The molecule has 0 amide bonds. The molecule has 0 fully saturated rings. The Bertz CT molecular complexity index is 282. The Hall–Kier alpha value is -1.11. The molecule has 6 nitrogen and oxygen atoms in total. The first-order valence-corrected chi connectivity index (χ1v) is 4.86. The minimum Gasteiger partial charge on any atom is -0.396 e. The van der Waals surface area contributed by atoms with Gasteiger partial charge in [0, 0.05) is 38.2 Å². The van der Waals surface area contributed by atoms with Gasteiger partial charge in [-0.15, -0.1) is 10.2 Å². The molecule has 1 aromatic heterocycles. The van der Waals surface area contributed by atoms with E-state index in [-0.39, 0.29) is 19.8 Å². The summed E-state index contributed by atoms with van der Waals surface area (Å²) in [7, 11) is 0. The van der Waals surface area contributed by atoms with Crippen molar-refractivity contribution in [2.75, 3.05) is 19.8 Å². The van der Waals surface area contributed by atoms with Crippen molar-refractivity contribution >= 4 is 0 Å². The molecule has 84 valence electrons. The summed E-state index contributed by atoms with van der Waals surface area (Å²) in [6, 6.07) is 0. The van der Waals surface area contributed by atoms with Crippen LogP contribution in [0.25, 0.3) is 0 Å². The summed E-state index contributed by atoms with van der Waals surface area (Å²) in [4.78, 5) is 0. The largest absolute Gasteiger partial charge is 0.396 e. The van der Waals surface area contributed by atoms with E-state index in [2.05, 4.69) is 15.4 Å².